The second-order valence-electron chi connectivity index (χ2n) is 5.16. The number of carbonyl (C=O) groups excluding carboxylic acids is 2. The molecule has 0 bridgehead atoms. The maximum absolute atomic E-state index is 12.7. The van der Waals surface area contributed by atoms with Gasteiger partial charge >= 0.3 is 11.9 Å². The number of rotatable bonds is 9. The van der Waals surface area contributed by atoms with E-state index in [9.17, 15) is 9.59 Å². The van der Waals surface area contributed by atoms with Gasteiger partial charge in [-0.1, -0.05) is 56.1 Å². The van der Waals surface area contributed by atoms with Crippen molar-refractivity contribution >= 4 is 43.8 Å². The SMILES string of the molecule is CCOC(=O)C(C/C=C\CBr)(Cc1cccc(Br)c1)C(=O)OCC. The van der Waals surface area contributed by atoms with E-state index in [1.165, 1.54) is 0 Å². The molecular weight excluding hydrogens is 440 g/mol. The zero-order valence-electron chi connectivity index (χ0n) is 13.9. The molecule has 0 fully saturated rings. The highest BCUT2D eigenvalue weighted by molar-refractivity contribution is 9.10. The summed E-state index contributed by atoms with van der Waals surface area (Å²) in [6.07, 6.45) is 4.11. The summed E-state index contributed by atoms with van der Waals surface area (Å²) in [7, 11) is 0. The van der Waals surface area contributed by atoms with Gasteiger partial charge in [-0.25, -0.2) is 0 Å². The summed E-state index contributed by atoms with van der Waals surface area (Å²) in [4.78, 5) is 25.4. The van der Waals surface area contributed by atoms with Crippen molar-refractivity contribution < 1.29 is 19.1 Å². The Kier molecular flexibility index (Phi) is 9.29. The molecule has 6 heteroatoms. The molecule has 0 aliphatic heterocycles. The van der Waals surface area contributed by atoms with Crippen LogP contribution in [0.1, 0.15) is 25.8 Å². The van der Waals surface area contributed by atoms with Gasteiger partial charge in [-0.15, -0.1) is 0 Å². The van der Waals surface area contributed by atoms with Crippen LogP contribution in [0.25, 0.3) is 0 Å². The lowest BCUT2D eigenvalue weighted by Crippen LogP contribution is -2.43. The first-order valence-corrected chi connectivity index (χ1v) is 9.71. The summed E-state index contributed by atoms with van der Waals surface area (Å²) < 4.78 is 11.3. The fourth-order valence-corrected chi connectivity index (χ4v) is 3.06. The van der Waals surface area contributed by atoms with Crippen LogP contribution >= 0.6 is 31.9 Å². The number of hydrogen-bond acceptors (Lipinski definition) is 4. The average Bonchev–Trinajstić information content (AvgIpc) is 2.54. The van der Waals surface area contributed by atoms with Crippen LogP contribution in [0, 0.1) is 5.41 Å². The van der Waals surface area contributed by atoms with E-state index in [0.717, 1.165) is 10.0 Å². The van der Waals surface area contributed by atoms with Crippen LogP contribution < -0.4 is 0 Å². The highest BCUT2D eigenvalue weighted by Gasteiger charge is 2.48. The molecule has 24 heavy (non-hydrogen) atoms. The molecule has 0 spiro atoms. The van der Waals surface area contributed by atoms with E-state index >= 15 is 0 Å². The Morgan fingerprint density at radius 2 is 1.75 bits per heavy atom. The predicted molar refractivity (Wildman–Crippen MR) is 101 cm³/mol. The molecule has 1 aromatic rings. The topological polar surface area (TPSA) is 52.6 Å². The minimum atomic E-state index is -1.38. The molecule has 0 amide bonds. The highest BCUT2D eigenvalue weighted by atomic mass is 79.9. The smallest absolute Gasteiger partial charge is 0.324 e. The Labute approximate surface area is 159 Å². The van der Waals surface area contributed by atoms with Gasteiger partial charge in [0.2, 0.25) is 0 Å². The summed E-state index contributed by atoms with van der Waals surface area (Å²) in [6.45, 7) is 3.86. The van der Waals surface area contributed by atoms with Gasteiger partial charge < -0.3 is 9.47 Å². The number of esters is 2. The molecule has 0 aliphatic carbocycles. The van der Waals surface area contributed by atoms with Gasteiger partial charge in [0.25, 0.3) is 0 Å². The number of halogens is 2. The minimum absolute atomic E-state index is 0.209. The van der Waals surface area contributed by atoms with Gasteiger partial charge in [-0.2, -0.15) is 0 Å². The molecule has 0 atom stereocenters. The third kappa shape index (κ3) is 5.74. The Morgan fingerprint density at radius 1 is 1.12 bits per heavy atom. The monoisotopic (exact) mass is 460 g/mol. The van der Waals surface area contributed by atoms with E-state index in [4.69, 9.17) is 9.47 Å². The number of alkyl halides is 1. The molecule has 0 unspecified atom stereocenters. The molecule has 0 saturated carbocycles. The van der Waals surface area contributed by atoms with Crippen molar-refractivity contribution in [3.05, 3.63) is 46.5 Å². The lowest BCUT2D eigenvalue weighted by molar-refractivity contribution is -0.171. The van der Waals surface area contributed by atoms with Gasteiger partial charge in [-0.05, 0) is 44.4 Å². The molecule has 132 valence electrons. The zero-order chi connectivity index (χ0) is 18.0. The van der Waals surface area contributed by atoms with Gasteiger partial charge in [0.1, 0.15) is 0 Å². The second-order valence-corrected chi connectivity index (χ2v) is 6.72. The fraction of sp³-hybridized carbons (Fsp3) is 0.444. The molecule has 0 radical (unpaired) electrons. The third-order valence-electron chi connectivity index (χ3n) is 3.45. The van der Waals surface area contributed by atoms with E-state index in [-0.39, 0.29) is 26.1 Å². The van der Waals surface area contributed by atoms with E-state index in [1.54, 1.807) is 19.9 Å². The van der Waals surface area contributed by atoms with Crippen molar-refractivity contribution in [2.45, 2.75) is 26.7 Å². The van der Waals surface area contributed by atoms with Crippen LogP contribution in [0.4, 0.5) is 0 Å². The summed E-state index contributed by atoms with van der Waals surface area (Å²) in [6, 6.07) is 7.53. The minimum Gasteiger partial charge on any atom is -0.465 e. The van der Waals surface area contributed by atoms with E-state index in [1.807, 2.05) is 30.3 Å². The standard InChI is InChI=1S/C18H22Br2O4/c1-3-23-16(21)18(10-5-6-11-19,17(22)24-4-2)13-14-8-7-9-15(20)12-14/h5-9,12H,3-4,10-11,13H2,1-2H3/b6-5-. The largest absolute Gasteiger partial charge is 0.465 e. The molecule has 1 rings (SSSR count). The van der Waals surface area contributed by atoms with Gasteiger partial charge in [0.05, 0.1) is 13.2 Å². The van der Waals surface area contributed by atoms with Crippen LogP contribution in [-0.4, -0.2) is 30.5 Å². The Hall–Kier alpha value is -1.14. The predicted octanol–water partition coefficient (Wildman–Crippen LogP) is 4.45. The molecule has 0 aliphatic rings. The number of carbonyl (C=O) groups is 2. The van der Waals surface area contributed by atoms with E-state index in [0.29, 0.717) is 5.33 Å². The normalized spacial score (nSPS) is 11.5. The van der Waals surface area contributed by atoms with Crippen LogP contribution in [0.15, 0.2) is 40.9 Å². The Balaban J connectivity index is 3.28. The van der Waals surface area contributed by atoms with E-state index in [2.05, 4.69) is 31.9 Å². The van der Waals surface area contributed by atoms with Crippen LogP contribution in [0.2, 0.25) is 0 Å². The zero-order valence-corrected chi connectivity index (χ0v) is 17.1. The molecular formula is C18H22Br2O4. The fourth-order valence-electron chi connectivity index (χ4n) is 2.35. The molecule has 0 aromatic heterocycles. The molecule has 0 saturated heterocycles. The summed E-state index contributed by atoms with van der Waals surface area (Å²) in [5.41, 5.74) is -0.524. The maximum atomic E-state index is 12.7. The Bertz CT molecular complexity index is 566. The second kappa shape index (κ2) is 10.7. The highest BCUT2D eigenvalue weighted by Crippen LogP contribution is 2.32. The molecule has 4 nitrogen and oxygen atoms in total. The summed E-state index contributed by atoms with van der Waals surface area (Å²) in [5, 5.41) is 0.644. The van der Waals surface area contributed by atoms with Gasteiger partial charge in [-0.3, -0.25) is 9.59 Å². The number of allylic oxidation sites excluding steroid dienone is 2. The van der Waals surface area contributed by atoms with Gasteiger partial charge in [0, 0.05) is 9.80 Å². The van der Waals surface area contributed by atoms with E-state index < -0.39 is 17.4 Å². The Morgan fingerprint density at radius 3 is 2.25 bits per heavy atom. The molecule has 0 N–H and O–H groups in total. The van der Waals surface area contributed by atoms with Crippen molar-refractivity contribution in [3.8, 4) is 0 Å². The van der Waals surface area contributed by atoms with Crippen molar-refractivity contribution in [1.82, 2.24) is 0 Å². The van der Waals surface area contributed by atoms with Crippen molar-refractivity contribution in [2.24, 2.45) is 5.41 Å². The van der Waals surface area contributed by atoms with Gasteiger partial charge in [0.15, 0.2) is 5.41 Å². The summed E-state index contributed by atoms with van der Waals surface area (Å²) in [5.74, 6) is -1.11. The van der Waals surface area contributed by atoms with Crippen LogP contribution in [0.5, 0.6) is 0 Å². The van der Waals surface area contributed by atoms with Crippen molar-refractivity contribution in [1.29, 1.82) is 0 Å². The number of benzene rings is 1. The quantitative estimate of drug-likeness (QED) is 0.236. The number of hydrogen-bond donors (Lipinski definition) is 0. The van der Waals surface area contributed by atoms with Crippen molar-refractivity contribution in [2.75, 3.05) is 18.5 Å². The number of ether oxygens (including phenoxy) is 2. The molecule has 0 heterocycles. The van der Waals surface area contributed by atoms with Crippen molar-refractivity contribution in [3.63, 3.8) is 0 Å². The molecule has 1 aromatic carbocycles. The first kappa shape index (κ1) is 20.9. The van der Waals surface area contributed by atoms with Crippen LogP contribution in [-0.2, 0) is 25.5 Å². The summed E-state index contributed by atoms with van der Waals surface area (Å²) >= 11 is 6.72. The first-order chi connectivity index (χ1) is 11.5. The average molecular weight is 462 g/mol. The maximum Gasteiger partial charge on any atom is 0.324 e. The lowest BCUT2D eigenvalue weighted by atomic mass is 9.78. The lowest BCUT2D eigenvalue weighted by Gasteiger charge is -2.28. The first-order valence-electron chi connectivity index (χ1n) is 7.80. The van der Waals surface area contributed by atoms with Crippen LogP contribution in [0.3, 0.4) is 0 Å². The third-order valence-corrected chi connectivity index (χ3v) is 4.32.